The first-order valence-electron chi connectivity index (χ1n) is 6.87. The molecule has 0 heterocycles. The van der Waals surface area contributed by atoms with E-state index in [0.29, 0.717) is 11.3 Å². The van der Waals surface area contributed by atoms with Crippen molar-refractivity contribution in [3.63, 3.8) is 0 Å². The molecule has 0 bridgehead atoms. The Hall–Kier alpha value is -0.860. The lowest BCUT2D eigenvalue weighted by atomic mass is 9.87. The first-order chi connectivity index (χ1) is 8.47. The lowest BCUT2D eigenvalue weighted by molar-refractivity contribution is 0.124. The Morgan fingerprint density at radius 2 is 1.94 bits per heavy atom. The third kappa shape index (κ3) is 2.76. The Morgan fingerprint density at radius 1 is 1.28 bits per heavy atom. The minimum atomic E-state index is -0.112. The fraction of sp³-hybridized carbons (Fsp3) is 0.625. The minimum Gasteiger partial charge on any atom is -0.394 e. The molecule has 1 aromatic carbocycles. The van der Waals surface area contributed by atoms with Crippen LogP contribution in [-0.2, 0) is 6.54 Å². The van der Waals surface area contributed by atoms with Crippen LogP contribution in [0.5, 0.6) is 0 Å². The van der Waals surface area contributed by atoms with Crippen molar-refractivity contribution in [2.24, 2.45) is 11.3 Å². The smallest absolute Gasteiger partial charge is 0.0616 e. The molecule has 0 aliphatic heterocycles. The molecule has 100 valence electrons. The van der Waals surface area contributed by atoms with Gasteiger partial charge in [0.2, 0.25) is 0 Å². The highest BCUT2D eigenvalue weighted by Gasteiger charge is 2.47. The zero-order chi connectivity index (χ0) is 13.2. The Bertz CT molecular complexity index is 387. The number of hydrogen-bond acceptors (Lipinski definition) is 2. The maximum absolute atomic E-state index is 9.83. The van der Waals surface area contributed by atoms with Crippen LogP contribution in [0.2, 0.25) is 0 Å². The summed E-state index contributed by atoms with van der Waals surface area (Å²) in [6, 6.07) is 10.4. The van der Waals surface area contributed by atoms with Gasteiger partial charge in [0.15, 0.2) is 0 Å². The average molecular weight is 247 g/mol. The summed E-state index contributed by atoms with van der Waals surface area (Å²) in [6.07, 6.45) is 2.22. The van der Waals surface area contributed by atoms with Gasteiger partial charge >= 0.3 is 0 Å². The number of nitrogens with one attached hydrogen (secondary N) is 1. The summed E-state index contributed by atoms with van der Waals surface area (Å²) in [5.74, 6) is 0.515. The quantitative estimate of drug-likeness (QED) is 0.857. The van der Waals surface area contributed by atoms with Gasteiger partial charge in [-0.25, -0.2) is 0 Å². The van der Waals surface area contributed by atoms with Gasteiger partial charge in [-0.3, -0.25) is 0 Å². The van der Waals surface area contributed by atoms with E-state index in [0.717, 1.165) is 13.0 Å². The summed E-state index contributed by atoms with van der Waals surface area (Å²) in [6.45, 7) is 7.91. The van der Waals surface area contributed by atoms with Gasteiger partial charge in [0.1, 0.15) is 0 Å². The van der Waals surface area contributed by atoms with Gasteiger partial charge in [-0.15, -0.1) is 0 Å². The second-order valence-electron chi connectivity index (χ2n) is 6.60. The summed E-state index contributed by atoms with van der Waals surface area (Å²) in [7, 11) is 0. The van der Waals surface area contributed by atoms with Gasteiger partial charge in [0.05, 0.1) is 6.61 Å². The van der Waals surface area contributed by atoms with E-state index in [4.69, 9.17) is 0 Å². The van der Waals surface area contributed by atoms with Gasteiger partial charge in [-0.1, -0.05) is 51.1 Å². The molecule has 2 N–H and O–H groups in total. The zero-order valence-electron chi connectivity index (χ0n) is 11.7. The minimum absolute atomic E-state index is 0.112. The maximum Gasteiger partial charge on any atom is 0.0616 e. The summed E-state index contributed by atoms with van der Waals surface area (Å²) in [4.78, 5) is 0. The maximum atomic E-state index is 9.83. The van der Waals surface area contributed by atoms with E-state index in [-0.39, 0.29) is 12.1 Å². The van der Waals surface area contributed by atoms with Crippen molar-refractivity contribution in [1.82, 2.24) is 5.32 Å². The van der Waals surface area contributed by atoms with E-state index < -0.39 is 0 Å². The topological polar surface area (TPSA) is 32.3 Å². The van der Waals surface area contributed by atoms with Crippen LogP contribution in [0.25, 0.3) is 0 Å². The average Bonchev–Trinajstić information content (AvgIpc) is 2.58. The van der Waals surface area contributed by atoms with Crippen molar-refractivity contribution in [3.05, 3.63) is 35.9 Å². The third-order valence-electron chi connectivity index (χ3n) is 4.37. The monoisotopic (exact) mass is 247 g/mol. The zero-order valence-corrected chi connectivity index (χ0v) is 11.7. The van der Waals surface area contributed by atoms with Gasteiger partial charge in [-0.2, -0.15) is 0 Å². The predicted octanol–water partition coefficient (Wildman–Crippen LogP) is 2.96. The van der Waals surface area contributed by atoms with E-state index in [9.17, 15) is 5.11 Å². The Balaban J connectivity index is 2.06. The third-order valence-corrected chi connectivity index (χ3v) is 4.37. The van der Waals surface area contributed by atoms with Gasteiger partial charge in [-0.05, 0) is 29.7 Å². The lowest BCUT2D eigenvalue weighted by Gasteiger charge is -2.34. The van der Waals surface area contributed by atoms with E-state index in [1.165, 1.54) is 12.0 Å². The molecule has 2 unspecified atom stereocenters. The molecule has 0 aromatic heterocycles. The van der Waals surface area contributed by atoms with E-state index in [1.807, 2.05) is 6.07 Å². The second kappa shape index (κ2) is 5.02. The fourth-order valence-corrected chi connectivity index (χ4v) is 3.50. The van der Waals surface area contributed by atoms with Crippen LogP contribution < -0.4 is 5.32 Å². The second-order valence-corrected chi connectivity index (χ2v) is 6.60. The summed E-state index contributed by atoms with van der Waals surface area (Å²) >= 11 is 0. The van der Waals surface area contributed by atoms with E-state index in [1.54, 1.807) is 0 Å². The van der Waals surface area contributed by atoms with Crippen molar-refractivity contribution < 1.29 is 5.11 Å². The number of aliphatic hydroxyl groups excluding tert-OH is 1. The number of aliphatic hydroxyl groups is 1. The molecular formula is C16H25NO. The molecule has 0 spiro atoms. The fourth-order valence-electron chi connectivity index (χ4n) is 3.50. The molecule has 2 atom stereocenters. The summed E-state index contributed by atoms with van der Waals surface area (Å²) in [5.41, 5.74) is 1.49. The molecule has 0 amide bonds. The van der Waals surface area contributed by atoms with Crippen LogP contribution >= 0.6 is 0 Å². The van der Waals surface area contributed by atoms with Crippen molar-refractivity contribution in [2.45, 2.75) is 45.7 Å². The molecule has 2 rings (SSSR count). The van der Waals surface area contributed by atoms with Gasteiger partial charge < -0.3 is 10.4 Å². The Kier molecular flexibility index (Phi) is 3.79. The van der Waals surface area contributed by atoms with Crippen LogP contribution in [-0.4, -0.2) is 17.3 Å². The highest BCUT2D eigenvalue weighted by Crippen LogP contribution is 2.47. The first kappa shape index (κ1) is 13.6. The molecule has 2 heteroatoms. The normalized spacial score (nSPS) is 30.6. The summed E-state index contributed by atoms with van der Waals surface area (Å²) in [5, 5.41) is 13.5. The van der Waals surface area contributed by atoms with Crippen LogP contribution in [0.4, 0.5) is 0 Å². The van der Waals surface area contributed by atoms with Crippen LogP contribution in [0, 0.1) is 11.3 Å². The standard InChI is InChI=1S/C16H25NO/c1-13-9-15(2,3)11-16(13,12-18)17-10-14-7-5-4-6-8-14/h4-8,13,17-18H,9-12H2,1-3H3. The molecular weight excluding hydrogens is 222 g/mol. The van der Waals surface area contributed by atoms with E-state index in [2.05, 4.69) is 50.4 Å². The number of benzene rings is 1. The lowest BCUT2D eigenvalue weighted by Crippen LogP contribution is -2.50. The molecule has 1 saturated carbocycles. The van der Waals surface area contributed by atoms with Crippen LogP contribution in [0.1, 0.15) is 39.2 Å². The van der Waals surface area contributed by atoms with Gasteiger partial charge in [0.25, 0.3) is 0 Å². The largest absolute Gasteiger partial charge is 0.394 e. The highest BCUT2D eigenvalue weighted by atomic mass is 16.3. The SMILES string of the molecule is CC1CC(C)(C)CC1(CO)NCc1ccccc1. The van der Waals surface area contributed by atoms with Crippen molar-refractivity contribution >= 4 is 0 Å². The first-order valence-corrected chi connectivity index (χ1v) is 6.87. The molecule has 1 aromatic rings. The molecule has 1 fully saturated rings. The summed E-state index contributed by atoms with van der Waals surface area (Å²) < 4.78 is 0. The highest BCUT2D eigenvalue weighted by molar-refractivity contribution is 5.15. The van der Waals surface area contributed by atoms with E-state index >= 15 is 0 Å². The molecule has 0 radical (unpaired) electrons. The number of hydrogen-bond donors (Lipinski definition) is 2. The van der Waals surface area contributed by atoms with Crippen LogP contribution in [0.15, 0.2) is 30.3 Å². The molecule has 1 aliphatic rings. The Labute approximate surface area is 110 Å². The Morgan fingerprint density at radius 3 is 2.44 bits per heavy atom. The number of rotatable bonds is 4. The molecule has 18 heavy (non-hydrogen) atoms. The van der Waals surface area contributed by atoms with Crippen molar-refractivity contribution in [2.75, 3.05) is 6.61 Å². The predicted molar refractivity (Wildman–Crippen MR) is 75.3 cm³/mol. The molecule has 2 nitrogen and oxygen atoms in total. The van der Waals surface area contributed by atoms with Gasteiger partial charge in [0, 0.05) is 12.1 Å². The molecule has 0 saturated heterocycles. The van der Waals surface area contributed by atoms with Crippen molar-refractivity contribution in [1.29, 1.82) is 0 Å². The van der Waals surface area contributed by atoms with Crippen molar-refractivity contribution in [3.8, 4) is 0 Å². The van der Waals surface area contributed by atoms with Crippen LogP contribution in [0.3, 0.4) is 0 Å². The molecule has 1 aliphatic carbocycles.